The molecule has 0 radical (unpaired) electrons. The van der Waals surface area contributed by atoms with Crippen molar-refractivity contribution in [3.05, 3.63) is 87.9 Å². The Kier molecular flexibility index (Phi) is 7.32. The van der Waals surface area contributed by atoms with Crippen molar-refractivity contribution in [3.63, 3.8) is 0 Å². The van der Waals surface area contributed by atoms with Crippen molar-refractivity contribution in [2.45, 2.75) is 11.8 Å². The van der Waals surface area contributed by atoms with Crippen molar-refractivity contribution < 1.29 is 9.53 Å². The van der Waals surface area contributed by atoms with Crippen LogP contribution in [0.4, 0.5) is 0 Å². The second-order valence-electron chi connectivity index (χ2n) is 6.74. The van der Waals surface area contributed by atoms with E-state index in [1.807, 2.05) is 54.6 Å². The topological polar surface area (TPSA) is 79.4 Å². The minimum absolute atomic E-state index is 0.197. The Morgan fingerprint density at radius 3 is 2.84 bits per heavy atom. The molecule has 4 rings (SSSR count). The lowest BCUT2D eigenvalue weighted by atomic mass is 10.2. The van der Waals surface area contributed by atoms with Gasteiger partial charge in [0.2, 0.25) is 0 Å². The van der Waals surface area contributed by atoms with Crippen molar-refractivity contribution in [1.29, 1.82) is 0 Å². The molecule has 3 aromatic carbocycles. The van der Waals surface area contributed by atoms with Gasteiger partial charge in [-0.25, -0.2) is 10.4 Å². The van der Waals surface area contributed by atoms with Crippen LogP contribution in [-0.4, -0.2) is 27.8 Å². The summed E-state index contributed by atoms with van der Waals surface area (Å²) in [5.41, 5.74) is 5.95. The fourth-order valence-electron chi connectivity index (χ4n) is 2.83. The number of benzene rings is 3. The maximum absolute atomic E-state index is 12.1. The van der Waals surface area contributed by atoms with E-state index in [2.05, 4.69) is 20.5 Å². The summed E-state index contributed by atoms with van der Waals surface area (Å²) in [5.74, 6) is 0.630. The van der Waals surface area contributed by atoms with Crippen molar-refractivity contribution >= 4 is 58.1 Å². The zero-order valence-corrected chi connectivity index (χ0v) is 19.0. The van der Waals surface area contributed by atoms with Gasteiger partial charge in [-0.15, -0.1) is 0 Å². The number of carbonyl (C=O) groups excluding carboxylic acids is 1. The summed E-state index contributed by atoms with van der Waals surface area (Å²) in [6, 6.07) is 20.4. The van der Waals surface area contributed by atoms with Gasteiger partial charge in [0.1, 0.15) is 12.4 Å². The van der Waals surface area contributed by atoms with E-state index in [1.54, 1.807) is 18.3 Å². The van der Waals surface area contributed by atoms with Crippen LogP contribution in [0.25, 0.3) is 11.0 Å². The molecular weight excluding hydrogens is 467 g/mol. The van der Waals surface area contributed by atoms with Gasteiger partial charge in [-0.3, -0.25) is 4.79 Å². The van der Waals surface area contributed by atoms with E-state index in [-0.39, 0.29) is 11.7 Å². The molecule has 162 valence electrons. The highest BCUT2D eigenvalue weighted by Crippen LogP contribution is 2.23. The van der Waals surface area contributed by atoms with E-state index in [9.17, 15) is 4.79 Å². The lowest BCUT2D eigenvalue weighted by Gasteiger charge is -2.08. The summed E-state index contributed by atoms with van der Waals surface area (Å²) in [7, 11) is 0. The molecule has 1 heterocycles. The quantitative estimate of drug-likeness (QED) is 0.191. The van der Waals surface area contributed by atoms with Gasteiger partial charge in [0.25, 0.3) is 5.91 Å². The maximum Gasteiger partial charge on any atom is 0.250 e. The Morgan fingerprint density at radius 2 is 2.00 bits per heavy atom. The number of nitrogens with zero attached hydrogens (tertiary/aromatic N) is 2. The molecule has 1 aromatic heterocycles. The smallest absolute Gasteiger partial charge is 0.250 e. The lowest BCUT2D eigenvalue weighted by molar-refractivity contribution is -0.118. The molecule has 0 aliphatic heterocycles. The molecule has 0 atom stereocenters. The minimum Gasteiger partial charge on any atom is -0.489 e. The number of thioether (sulfide) groups is 1. The van der Waals surface area contributed by atoms with Crippen molar-refractivity contribution in [2.24, 2.45) is 5.10 Å². The number of carbonyl (C=O) groups is 1. The number of hydrazone groups is 1. The summed E-state index contributed by atoms with van der Waals surface area (Å²) in [6.07, 6.45) is 1.56. The number of fused-ring (bicyclic) bond motifs is 1. The second-order valence-corrected chi connectivity index (χ2v) is 8.55. The summed E-state index contributed by atoms with van der Waals surface area (Å²) in [6.45, 7) is 0.312. The van der Waals surface area contributed by atoms with Gasteiger partial charge in [0.15, 0.2) is 5.16 Å². The van der Waals surface area contributed by atoms with Crippen LogP contribution >= 0.6 is 35.0 Å². The lowest BCUT2D eigenvalue weighted by Crippen LogP contribution is -2.19. The van der Waals surface area contributed by atoms with Crippen LogP contribution in [0, 0.1) is 0 Å². The Bertz CT molecular complexity index is 1240. The van der Waals surface area contributed by atoms with Gasteiger partial charge in [-0.2, -0.15) is 5.10 Å². The van der Waals surface area contributed by atoms with Crippen LogP contribution in [-0.2, 0) is 11.4 Å². The fourth-order valence-corrected chi connectivity index (χ4v) is 3.97. The maximum atomic E-state index is 12.1. The standard InChI is InChI=1S/C23H18Cl2N4O2S/c24-17-9-8-16(19(25)11-17)13-31-18-5-3-4-15(10-18)12-26-29-22(30)14-32-23-27-20-6-1-2-7-21(20)28-23/h1-12H,13-14H2,(H,27,28)(H,29,30)/b26-12+. The molecule has 32 heavy (non-hydrogen) atoms. The summed E-state index contributed by atoms with van der Waals surface area (Å²) >= 11 is 13.4. The van der Waals surface area contributed by atoms with Crippen LogP contribution in [0.2, 0.25) is 10.0 Å². The van der Waals surface area contributed by atoms with Gasteiger partial charge >= 0.3 is 0 Å². The number of ether oxygens (including phenoxy) is 1. The zero-order chi connectivity index (χ0) is 22.3. The average Bonchev–Trinajstić information content (AvgIpc) is 3.21. The minimum atomic E-state index is -0.225. The first-order chi connectivity index (χ1) is 15.6. The molecule has 0 spiro atoms. The first kappa shape index (κ1) is 22.2. The Balaban J connectivity index is 1.27. The second kappa shape index (κ2) is 10.5. The summed E-state index contributed by atoms with van der Waals surface area (Å²) in [4.78, 5) is 19.7. The Hall–Kier alpha value is -3.00. The summed E-state index contributed by atoms with van der Waals surface area (Å²) in [5, 5.41) is 5.84. The Morgan fingerprint density at radius 1 is 1.12 bits per heavy atom. The highest BCUT2D eigenvalue weighted by Gasteiger charge is 2.06. The van der Waals surface area contributed by atoms with Gasteiger partial charge in [0, 0.05) is 15.6 Å². The molecule has 1 amide bonds. The van der Waals surface area contributed by atoms with E-state index in [0.29, 0.717) is 27.6 Å². The van der Waals surface area contributed by atoms with Crippen LogP contribution < -0.4 is 10.2 Å². The third-order valence-corrected chi connectivity index (χ3v) is 5.84. The van der Waals surface area contributed by atoms with Gasteiger partial charge in [-0.1, -0.05) is 65.3 Å². The number of halogens is 2. The molecule has 0 aliphatic rings. The average molecular weight is 485 g/mol. The molecule has 0 fully saturated rings. The molecule has 0 unspecified atom stereocenters. The molecule has 4 aromatic rings. The number of nitrogens with one attached hydrogen (secondary N) is 2. The van der Waals surface area contributed by atoms with Crippen LogP contribution in [0.1, 0.15) is 11.1 Å². The van der Waals surface area contributed by atoms with Crippen molar-refractivity contribution in [1.82, 2.24) is 15.4 Å². The van der Waals surface area contributed by atoms with E-state index < -0.39 is 0 Å². The number of aromatic amines is 1. The van der Waals surface area contributed by atoms with E-state index in [0.717, 1.165) is 22.2 Å². The van der Waals surface area contributed by atoms with Crippen LogP contribution in [0.3, 0.4) is 0 Å². The predicted molar refractivity (Wildman–Crippen MR) is 130 cm³/mol. The van der Waals surface area contributed by atoms with Crippen molar-refractivity contribution in [2.75, 3.05) is 5.75 Å². The van der Waals surface area contributed by atoms with Crippen LogP contribution in [0.15, 0.2) is 77.0 Å². The number of rotatable bonds is 8. The summed E-state index contributed by atoms with van der Waals surface area (Å²) < 4.78 is 5.80. The third kappa shape index (κ3) is 6.03. The number of amides is 1. The largest absolute Gasteiger partial charge is 0.489 e. The van der Waals surface area contributed by atoms with Crippen LogP contribution in [0.5, 0.6) is 5.75 Å². The number of aromatic nitrogens is 2. The highest BCUT2D eigenvalue weighted by molar-refractivity contribution is 7.99. The number of imidazole rings is 1. The van der Waals surface area contributed by atoms with E-state index in [4.69, 9.17) is 27.9 Å². The normalized spacial score (nSPS) is 11.2. The number of hydrogen-bond donors (Lipinski definition) is 2. The first-order valence-electron chi connectivity index (χ1n) is 9.63. The SMILES string of the molecule is O=C(CSc1nc2ccccc2[nH]1)N/N=C/c1cccc(OCc2ccc(Cl)cc2Cl)c1. The van der Waals surface area contributed by atoms with Gasteiger partial charge < -0.3 is 9.72 Å². The number of H-pyrrole nitrogens is 1. The van der Waals surface area contributed by atoms with E-state index >= 15 is 0 Å². The molecule has 0 bridgehead atoms. The number of hydrogen-bond acceptors (Lipinski definition) is 5. The molecule has 0 saturated carbocycles. The molecular formula is C23H18Cl2N4O2S. The molecule has 0 saturated heterocycles. The van der Waals surface area contributed by atoms with Gasteiger partial charge in [-0.05, 0) is 42.0 Å². The molecule has 6 nitrogen and oxygen atoms in total. The molecule has 2 N–H and O–H groups in total. The first-order valence-corrected chi connectivity index (χ1v) is 11.4. The monoisotopic (exact) mass is 484 g/mol. The van der Waals surface area contributed by atoms with Gasteiger partial charge in [0.05, 0.1) is 23.0 Å². The van der Waals surface area contributed by atoms with E-state index in [1.165, 1.54) is 11.8 Å². The molecule has 0 aliphatic carbocycles. The predicted octanol–water partition coefficient (Wildman–Crippen LogP) is 5.69. The van der Waals surface area contributed by atoms with Crippen molar-refractivity contribution in [3.8, 4) is 5.75 Å². The third-order valence-electron chi connectivity index (χ3n) is 4.38. The fraction of sp³-hybridized carbons (Fsp3) is 0.0870. The Labute approximate surface area is 199 Å². The zero-order valence-electron chi connectivity index (χ0n) is 16.7. The number of para-hydroxylation sites is 2. The highest BCUT2D eigenvalue weighted by atomic mass is 35.5. The molecule has 9 heteroatoms.